The normalized spacial score (nSPS) is 15.1. The third kappa shape index (κ3) is 5.34. The van der Waals surface area contributed by atoms with Crippen molar-refractivity contribution in [3.8, 4) is 0 Å². The Bertz CT molecular complexity index is 412. The Balaban J connectivity index is 2.85. The summed E-state index contributed by atoms with van der Waals surface area (Å²) in [5, 5.41) is 12.3. The van der Waals surface area contributed by atoms with E-state index in [1.165, 1.54) is 23.9 Å². The van der Waals surface area contributed by atoms with Gasteiger partial charge in [-0.2, -0.15) is 24.9 Å². The highest BCUT2D eigenvalue weighted by molar-refractivity contribution is 7.99. The van der Waals surface area contributed by atoms with Crippen LogP contribution in [0.5, 0.6) is 0 Å². The van der Waals surface area contributed by atoms with Crippen LogP contribution in [0.3, 0.4) is 0 Å². The molecule has 0 aliphatic carbocycles. The first kappa shape index (κ1) is 17.3. The van der Waals surface area contributed by atoms with Crippen LogP contribution < -0.4 is 5.32 Å². The lowest BCUT2D eigenvalue weighted by molar-refractivity contribution is -0.137. The Morgan fingerprint density at radius 2 is 2.05 bits per heavy atom. The third-order valence-corrected chi connectivity index (χ3v) is 4.12. The van der Waals surface area contributed by atoms with Gasteiger partial charge in [-0.1, -0.05) is 26.0 Å². The van der Waals surface area contributed by atoms with Crippen molar-refractivity contribution in [3.63, 3.8) is 0 Å². The number of benzene rings is 1. The smallest absolute Gasteiger partial charge is 0.395 e. The maximum Gasteiger partial charge on any atom is 0.416 e. The van der Waals surface area contributed by atoms with E-state index in [1.807, 2.05) is 13.8 Å². The van der Waals surface area contributed by atoms with Gasteiger partial charge in [0.1, 0.15) is 0 Å². The average molecular weight is 307 g/mol. The van der Waals surface area contributed by atoms with E-state index in [2.05, 4.69) is 5.32 Å². The van der Waals surface area contributed by atoms with Gasteiger partial charge in [0, 0.05) is 17.0 Å². The zero-order chi connectivity index (χ0) is 15.2. The largest absolute Gasteiger partial charge is 0.416 e. The lowest BCUT2D eigenvalue weighted by atomic mass is 10.0. The molecule has 2 atom stereocenters. The van der Waals surface area contributed by atoms with Crippen molar-refractivity contribution in [3.05, 3.63) is 35.4 Å². The molecule has 0 aromatic heterocycles. The van der Waals surface area contributed by atoms with Crippen LogP contribution in [0, 0.1) is 0 Å². The van der Waals surface area contributed by atoms with Crippen molar-refractivity contribution in [1.82, 2.24) is 5.32 Å². The molecule has 0 aliphatic heterocycles. The molecule has 0 radical (unpaired) electrons. The van der Waals surface area contributed by atoms with Crippen LogP contribution in [-0.2, 0) is 6.18 Å². The molecule has 2 N–H and O–H groups in total. The Morgan fingerprint density at radius 1 is 1.35 bits per heavy atom. The number of alkyl halides is 3. The highest BCUT2D eigenvalue weighted by Gasteiger charge is 2.30. The average Bonchev–Trinajstić information content (AvgIpc) is 2.42. The van der Waals surface area contributed by atoms with Crippen molar-refractivity contribution in [2.24, 2.45) is 0 Å². The Kier molecular flexibility index (Phi) is 6.85. The van der Waals surface area contributed by atoms with Crippen LogP contribution in [0.4, 0.5) is 13.2 Å². The highest BCUT2D eigenvalue weighted by atomic mass is 32.2. The Hall–Kier alpha value is -0.720. The first-order valence-corrected chi connectivity index (χ1v) is 7.56. The number of halogens is 3. The van der Waals surface area contributed by atoms with Gasteiger partial charge in [0.2, 0.25) is 0 Å². The zero-order valence-electron chi connectivity index (χ0n) is 11.6. The topological polar surface area (TPSA) is 32.3 Å². The second kappa shape index (κ2) is 7.90. The minimum Gasteiger partial charge on any atom is -0.395 e. The number of hydrogen-bond donors (Lipinski definition) is 2. The molecule has 0 amide bonds. The SMILES string of the molecule is CCNC(CSC(C)CO)c1cccc(C(F)(F)F)c1. The van der Waals surface area contributed by atoms with E-state index < -0.39 is 11.7 Å². The molecule has 0 fully saturated rings. The highest BCUT2D eigenvalue weighted by Crippen LogP contribution is 2.31. The van der Waals surface area contributed by atoms with Crippen LogP contribution in [0.15, 0.2) is 24.3 Å². The van der Waals surface area contributed by atoms with Crippen LogP contribution in [-0.4, -0.2) is 29.3 Å². The summed E-state index contributed by atoms with van der Waals surface area (Å²) in [5.74, 6) is 0.622. The minimum atomic E-state index is -4.32. The van der Waals surface area contributed by atoms with Crippen LogP contribution in [0.1, 0.15) is 31.0 Å². The summed E-state index contributed by atoms with van der Waals surface area (Å²) in [6, 6.07) is 5.25. The molecular formula is C14H20F3NOS. The van der Waals surface area contributed by atoms with E-state index in [9.17, 15) is 13.2 Å². The van der Waals surface area contributed by atoms with E-state index in [-0.39, 0.29) is 17.9 Å². The molecule has 114 valence electrons. The monoisotopic (exact) mass is 307 g/mol. The Morgan fingerprint density at radius 3 is 2.60 bits per heavy atom. The molecule has 1 rings (SSSR count). The molecule has 0 saturated carbocycles. The molecule has 1 aromatic rings. The molecule has 0 saturated heterocycles. The molecule has 6 heteroatoms. The van der Waals surface area contributed by atoms with E-state index in [1.54, 1.807) is 6.07 Å². The van der Waals surface area contributed by atoms with Gasteiger partial charge in [-0.3, -0.25) is 0 Å². The molecule has 2 unspecified atom stereocenters. The maximum absolute atomic E-state index is 12.7. The van der Waals surface area contributed by atoms with Gasteiger partial charge in [0.05, 0.1) is 12.2 Å². The molecule has 0 heterocycles. The van der Waals surface area contributed by atoms with Gasteiger partial charge in [0.25, 0.3) is 0 Å². The van der Waals surface area contributed by atoms with Gasteiger partial charge in [0.15, 0.2) is 0 Å². The van der Waals surface area contributed by atoms with Crippen molar-refractivity contribution in [2.75, 3.05) is 18.9 Å². The van der Waals surface area contributed by atoms with Gasteiger partial charge < -0.3 is 10.4 Å². The van der Waals surface area contributed by atoms with Crippen LogP contribution in [0.2, 0.25) is 0 Å². The Labute approximate surface area is 121 Å². The summed E-state index contributed by atoms with van der Waals surface area (Å²) in [4.78, 5) is 0. The third-order valence-electron chi connectivity index (χ3n) is 2.87. The predicted octanol–water partition coefficient (Wildman–Crippen LogP) is 3.47. The van der Waals surface area contributed by atoms with Crippen molar-refractivity contribution in [1.29, 1.82) is 0 Å². The van der Waals surface area contributed by atoms with Gasteiger partial charge >= 0.3 is 6.18 Å². The van der Waals surface area contributed by atoms with Crippen LogP contribution in [0.25, 0.3) is 0 Å². The number of rotatable bonds is 7. The second-order valence-electron chi connectivity index (χ2n) is 4.56. The summed E-state index contributed by atoms with van der Waals surface area (Å²) >= 11 is 1.54. The van der Waals surface area contributed by atoms with Crippen molar-refractivity contribution < 1.29 is 18.3 Å². The summed E-state index contributed by atoms with van der Waals surface area (Å²) in [5.41, 5.74) is -0.00238. The van der Waals surface area contributed by atoms with E-state index in [4.69, 9.17) is 5.11 Å². The number of aliphatic hydroxyl groups excluding tert-OH is 1. The number of aliphatic hydroxyl groups is 1. The van der Waals surface area contributed by atoms with Crippen LogP contribution >= 0.6 is 11.8 Å². The fourth-order valence-electron chi connectivity index (χ4n) is 1.76. The van der Waals surface area contributed by atoms with Gasteiger partial charge in [-0.05, 0) is 24.2 Å². The van der Waals surface area contributed by atoms with E-state index in [0.29, 0.717) is 17.9 Å². The van der Waals surface area contributed by atoms with E-state index >= 15 is 0 Å². The second-order valence-corrected chi connectivity index (χ2v) is 6.03. The standard InChI is InChI=1S/C14H20F3NOS/c1-3-18-13(9-20-10(2)8-19)11-5-4-6-12(7-11)14(15,16)17/h4-7,10,13,18-19H,3,8-9H2,1-2H3. The van der Waals surface area contributed by atoms with Gasteiger partial charge in [-0.25, -0.2) is 0 Å². The summed E-state index contributed by atoms with van der Waals surface area (Å²) in [6.45, 7) is 4.54. The maximum atomic E-state index is 12.7. The first-order valence-electron chi connectivity index (χ1n) is 6.51. The molecule has 20 heavy (non-hydrogen) atoms. The predicted molar refractivity (Wildman–Crippen MR) is 76.9 cm³/mol. The lowest BCUT2D eigenvalue weighted by Gasteiger charge is -2.20. The molecule has 1 aromatic carbocycles. The molecule has 2 nitrogen and oxygen atoms in total. The summed E-state index contributed by atoms with van der Waals surface area (Å²) < 4.78 is 38.2. The first-order chi connectivity index (χ1) is 9.38. The fourth-order valence-corrected chi connectivity index (χ4v) is 2.70. The summed E-state index contributed by atoms with van der Waals surface area (Å²) in [6.07, 6.45) is -4.32. The zero-order valence-corrected chi connectivity index (χ0v) is 12.4. The fraction of sp³-hybridized carbons (Fsp3) is 0.571. The molecule has 0 bridgehead atoms. The quantitative estimate of drug-likeness (QED) is 0.809. The molecule has 0 aliphatic rings. The van der Waals surface area contributed by atoms with Crippen molar-refractivity contribution >= 4 is 11.8 Å². The number of hydrogen-bond acceptors (Lipinski definition) is 3. The number of thioether (sulfide) groups is 1. The van der Waals surface area contributed by atoms with Gasteiger partial charge in [-0.15, -0.1) is 0 Å². The van der Waals surface area contributed by atoms with E-state index in [0.717, 1.165) is 6.07 Å². The lowest BCUT2D eigenvalue weighted by Crippen LogP contribution is -2.24. The minimum absolute atomic E-state index is 0.0616. The summed E-state index contributed by atoms with van der Waals surface area (Å²) in [7, 11) is 0. The van der Waals surface area contributed by atoms with Crippen molar-refractivity contribution in [2.45, 2.75) is 31.3 Å². The molecule has 0 spiro atoms. The number of nitrogens with one attached hydrogen (secondary N) is 1. The molecular weight excluding hydrogens is 287 g/mol.